The van der Waals surface area contributed by atoms with Crippen molar-refractivity contribution in [2.75, 3.05) is 5.32 Å². The standard InChI is InChI=1S/C20H18N4O6S2/c25-18(9-10-24-20(26)30-19(23-24)17-4-2-12-31-17)22-14-5-7-16(8-6-14)32(27,28)21-13-15-3-1-11-29-15/h1-8,11-12,21H,9-10,13H2,(H,22,25). The summed E-state index contributed by atoms with van der Waals surface area (Å²) in [7, 11) is -3.73. The van der Waals surface area contributed by atoms with E-state index in [-0.39, 0.29) is 36.2 Å². The topological polar surface area (TPSA) is 136 Å². The predicted octanol–water partition coefficient (Wildman–Crippen LogP) is 2.67. The number of sulfonamides is 1. The highest BCUT2D eigenvalue weighted by atomic mass is 32.2. The zero-order valence-corrected chi connectivity index (χ0v) is 18.2. The molecule has 2 N–H and O–H groups in total. The first-order chi connectivity index (χ1) is 15.4. The monoisotopic (exact) mass is 474 g/mol. The van der Waals surface area contributed by atoms with Gasteiger partial charge in [0, 0.05) is 12.1 Å². The molecule has 32 heavy (non-hydrogen) atoms. The molecule has 3 aromatic heterocycles. The van der Waals surface area contributed by atoms with Gasteiger partial charge in [0.25, 0.3) is 5.89 Å². The average Bonchev–Trinajstić information content (AvgIpc) is 3.53. The van der Waals surface area contributed by atoms with Crippen LogP contribution in [0.2, 0.25) is 0 Å². The Morgan fingerprint density at radius 2 is 1.94 bits per heavy atom. The van der Waals surface area contributed by atoms with Crippen molar-refractivity contribution in [1.29, 1.82) is 0 Å². The highest BCUT2D eigenvalue weighted by Crippen LogP contribution is 2.21. The molecule has 0 spiro atoms. The highest BCUT2D eigenvalue weighted by molar-refractivity contribution is 7.89. The Bertz CT molecular complexity index is 1340. The third-order valence-corrected chi connectivity index (χ3v) is 6.63. The second-order valence-corrected chi connectivity index (χ2v) is 9.31. The zero-order chi connectivity index (χ0) is 22.6. The highest BCUT2D eigenvalue weighted by Gasteiger charge is 2.15. The summed E-state index contributed by atoms with van der Waals surface area (Å²) >= 11 is 1.39. The minimum atomic E-state index is -3.73. The normalized spacial score (nSPS) is 11.5. The lowest BCUT2D eigenvalue weighted by Gasteiger charge is -2.08. The first-order valence-corrected chi connectivity index (χ1v) is 11.8. The van der Waals surface area contributed by atoms with Crippen molar-refractivity contribution in [3.63, 3.8) is 0 Å². The molecule has 0 saturated carbocycles. The smallest absolute Gasteiger partial charge is 0.437 e. The maximum atomic E-state index is 12.4. The van der Waals surface area contributed by atoms with Crippen LogP contribution in [0.3, 0.4) is 0 Å². The van der Waals surface area contributed by atoms with Gasteiger partial charge < -0.3 is 14.2 Å². The van der Waals surface area contributed by atoms with Crippen molar-refractivity contribution >= 4 is 33.0 Å². The van der Waals surface area contributed by atoms with E-state index in [9.17, 15) is 18.0 Å². The predicted molar refractivity (Wildman–Crippen MR) is 116 cm³/mol. The fourth-order valence-corrected chi connectivity index (χ4v) is 4.40. The summed E-state index contributed by atoms with van der Waals surface area (Å²) in [5.41, 5.74) is 0.423. The van der Waals surface area contributed by atoms with Crippen LogP contribution in [0, 0.1) is 0 Å². The third kappa shape index (κ3) is 5.22. The quantitative estimate of drug-likeness (QED) is 0.380. The van der Waals surface area contributed by atoms with Gasteiger partial charge in [0.1, 0.15) is 5.76 Å². The van der Waals surface area contributed by atoms with Gasteiger partial charge in [-0.25, -0.2) is 17.9 Å². The Labute approximate surface area is 186 Å². The van der Waals surface area contributed by atoms with E-state index in [1.54, 1.807) is 18.2 Å². The second kappa shape index (κ2) is 9.34. The number of carbonyl (C=O) groups excluding carboxylic acids is 1. The van der Waals surface area contributed by atoms with Crippen LogP contribution in [0.5, 0.6) is 0 Å². The number of furan rings is 1. The first kappa shape index (κ1) is 21.7. The van der Waals surface area contributed by atoms with Gasteiger partial charge in [-0.05, 0) is 47.8 Å². The fraction of sp³-hybridized carbons (Fsp3) is 0.150. The number of rotatable bonds is 9. The average molecular weight is 475 g/mol. The van der Waals surface area contributed by atoms with Gasteiger partial charge in [-0.15, -0.1) is 16.4 Å². The van der Waals surface area contributed by atoms with Gasteiger partial charge in [0.15, 0.2) is 0 Å². The minimum Gasteiger partial charge on any atom is -0.468 e. The van der Waals surface area contributed by atoms with Gasteiger partial charge in [0.2, 0.25) is 15.9 Å². The van der Waals surface area contributed by atoms with E-state index in [0.717, 1.165) is 9.56 Å². The second-order valence-electron chi connectivity index (χ2n) is 6.60. The largest absolute Gasteiger partial charge is 0.468 e. The van der Waals surface area contributed by atoms with Gasteiger partial charge in [-0.1, -0.05) is 6.07 Å². The molecule has 3 heterocycles. The number of benzene rings is 1. The number of thiophene rings is 1. The lowest BCUT2D eigenvalue weighted by atomic mass is 10.3. The molecule has 0 unspecified atom stereocenters. The minimum absolute atomic E-state index is 0.0128. The van der Waals surface area contributed by atoms with E-state index in [1.165, 1.54) is 41.9 Å². The summed E-state index contributed by atoms with van der Waals surface area (Å²) in [6, 6.07) is 12.7. The molecule has 0 bridgehead atoms. The van der Waals surface area contributed by atoms with Crippen molar-refractivity contribution < 1.29 is 22.0 Å². The summed E-state index contributed by atoms with van der Waals surface area (Å²) in [6.45, 7) is 0.0755. The van der Waals surface area contributed by atoms with Crippen molar-refractivity contribution in [1.82, 2.24) is 14.5 Å². The van der Waals surface area contributed by atoms with Crippen LogP contribution >= 0.6 is 11.3 Å². The number of amides is 1. The van der Waals surface area contributed by atoms with Gasteiger partial charge in [-0.2, -0.15) is 4.68 Å². The molecule has 4 aromatic rings. The molecule has 1 aromatic carbocycles. The SMILES string of the molecule is O=C(CCn1nc(-c2cccs2)oc1=O)Nc1ccc(S(=O)(=O)NCc2ccco2)cc1. The summed E-state index contributed by atoms with van der Waals surface area (Å²) < 4.78 is 38.4. The molecule has 166 valence electrons. The maximum absolute atomic E-state index is 12.4. The number of hydrogen-bond donors (Lipinski definition) is 2. The van der Waals surface area contributed by atoms with E-state index in [2.05, 4.69) is 15.1 Å². The first-order valence-electron chi connectivity index (χ1n) is 9.44. The Hall–Kier alpha value is -3.48. The van der Waals surface area contributed by atoms with Crippen LogP contribution < -0.4 is 15.8 Å². The van der Waals surface area contributed by atoms with Crippen LogP contribution in [0.4, 0.5) is 5.69 Å². The molecule has 12 heteroatoms. The molecule has 0 aliphatic carbocycles. The number of aryl methyl sites for hydroxylation is 1. The lowest BCUT2D eigenvalue weighted by Crippen LogP contribution is -2.23. The van der Waals surface area contributed by atoms with Crippen molar-refractivity contribution in [2.24, 2.45) is 0 Å². The molecule has 0 saturated heterocycles. The van der Waals surface area contributed by atoms with Crippen molar-refractivity contribution in [2.45, 2.75) is 24.4 Å². The summed E-state index contributed by atoms with van der Waals surface area (Å²) in [5, 5.41) is 8.59. The number of nitrogens with zero attached hydrogens (tertiary/aromatic N) is 2. The Morgan fingerprint density at radius 3 is 2.62 bits per heavy atom. The number of carbonyl (C=O) groups is 1. The number of anilines is 1. The molecule has 10 nitrogen and oxygen atoms in total. The zero-order valence-electron chi connectivity index (χ0n) is 16.6. The van der Waals surface area contributed by atoms with E-state index in [1.807, 2.05) is 11.4 Å². The Balaban J connectivity index is 1.31. The maximum Gasteiger partial charge on any atom is 0.437 e. The Kier molecular flexibility index (Phi) is 6.35. The van der Waals surface area contributed by atoms with Crippen LogP contribution in [0.1, 0.15) is 12.2 Å². The molecule has 0 aliphatic rings. The van der Waals surface area contributed by atoms with Gasteiger partial charge in [0.05, 0.1) is 29.1 Å². The molecule has 0 fully saturated rings. The molecule has 0 aliphatic heterocycles. The Morgan fingerprint density at radius 1 is 1.12 bits per heavy atom. The van der Waals surface area contributed by atoms with E-state index >= 15 is 0 Å². The molecule has 1 amide bonds. The van der Waals surface area contributed by atoms with Crippen LogP contribution in [-0.2, 0) is 27.9 Å². The molecular weight excluding hydrogens is 456 g/mol. The summed E-state index contributed by atoms with van der Waals surface area (Å²) in [5.74, 6) is -0.295. The van der Waals surface area contributed by atoms with Crippen LogP contribution in [-0.4, -0.2) is 24.1 Å². The van der Waals surface area contributed by atoms with E-state index in [4.69, 9.17) is 8.83 Å². The number of aromatic nitrogens is 2. The molecular formula is C20H18N4O6S2. The van der Waals surface area contributed by atoms with E-state index < -0.39 is 15.8 Å². The number of nitrogens with one attached hydrogen (secondary N) is 2. The van der Waals surface area contributed by atoms with Gasteiger partial charge >= 0.3 is 5.76 Å². The van der Waals surface area contributed by atoms with Crippen molar-refractivity contribution in [3.05, 3.63) is 76.5 Å². The lowest BCUT2D eigenvalue weighted by molar-refractivity contribution is -0.116. The molecule has 0 radical (unpaired) electrons. The molecule has 0 atom stereocenters. The van der Waals surface area contributed by atoms with Crippen LogP contribution in [0.25, 0.3) is 10.8 Å². The summed E-state index contributed by atoms with van der Waals surface area (Å²) in [6.07, 6.45) is 1.45. The van der Waals surface area contributed by atoms with Crippen molar-refractivity contribution in [3.8, 4) is 10.8 Å². The fourth-order valence-electron chi connectivity index (χ4n) is 2.76. The van der Waals surface area contributed by atoms with E-state index in [0.29, 0.717) is 11.4 Å². The summed E-state index contributed by atoms with van der Waals surface area (Å²) in [4.78, 5) is 24.9. The third-order valence-electron chi connectivity index (χ3n) is 4.35. The van der Waals surface area contributed by atoms with Gasteiger partial charge in [-0.3, -0.25) is 4.79 Å². The molecule has 4 rings (SSSR count). The number of hydrogen-bond acceptors (Lipinski definition) is 8. The van der Waals surface area contributed by atoms with Crippen LogP contribution in [0.15, 0.2) is 78.7 Å².